The molecule has 7 heteroatoms. The maximum absolute atomic E-state index is 5.42. The van der Waals surface area contributed by atoms with Crippen molar-refractivity contribution in [3.63, 3.8) is 0 Å². The summed E-state index contributed by atoms with van der Waals surface area (Å²) >= 11 is 4.38. The standard InChI is InChI=1S/C8H20O3S3Si/c1-4-9-12-8(7-15,13-10-5-2)14-11-6-3/h4-7H2,1-3,15H3. The molecule has 0 atom stereocenters. The van der Waals surface area contributed by atoms with Crippen molar-refractivity contribution in [3.8, 4) is 0 Å². The summed E-state index contributed by atoms with van der Waals surface area (Å²) in [7, 11) is 1.09. The summed E-state index contributed by atoms with van der Waals surface area (Å²) in [6.45, 7) is 8.07. The molecule has 0 aromatic heterocycles. The minimum Gasteiger partial charge on any atom is -0.313 e. The fourth-order valence-electron chi connectivity index (χ4n) is 0.665. The molecule has 0 heterocycles. The molecule has 3 nitrogen and oxygen atoms in total. The van der Waals surface area contributed by atoms with Crippen LogP contribution in [-0.2, 0) is 12.5 Å². The summed E-state index contributed by atoms with van der Waals surface area (Å²) in [6, 6.07) is 1.05. The second kappa shape index (κ2) is 10.3. The third-order valence-corrected chi connectivity index (χ3v) is 7.86. The van der Waals surface area contributed by atoms with Crippen molar-refractivity contribution in [2.24, 2.45) is 0 Å². The third kappa shape index (κ3) is 7.14. The van der Waals surface area contributed by atoms with Gasteiger partial charge in [-0.05, 0) is 26.8 Å². The van der Waals surface area contributed by atoms with Crippen LogP contribution in [0.3, 0.4) is 0 Å². The average Bonchev–Trinajstić information content (AvgIpc) is 2.29. The lowest BCUT2D eigenvalue weighted by Gasteiger charge is -2.26. The highest BCUT2D eigenvalue weighted by atomic mass is 32.3. The summed E-state index contributed by atoms with van der Waals surface area (Å²) < 4.78 is 16.1. The van der Waals surface area contributed by atoms with Gasteiger partial charge in [-0.1, -0.05) is 0 Å². The van der Waals surface area contributed by atoms with Gasteiger partial charge in [0.1, 0.15) is 0 Å². The van der Waals surface area contributed by atoms with Crippen LogP contribution in [0.5, 0.6) is 0 Å². The molecule has 0 aromatic carbocycles. The highest BCUT2D eigenvalue weighted by Crippen LogP contribution is 2.50. The molecule has 0 spiro atoms. The summed E-state index contributed by atoms with van der Waals surface area (Å²) in [6.07, 6.45) is 0. The zero-order valence-electron chi connectivity index (χ0n) is 9.78. The lowest BCUT2D eigenvalue weighted by atomic mass is 10.9. The maximum atomic E-state index is 5.42. The van der Waals surface area contributed by atoms with Crippen molar-refractivity contribution in [1.29, 1.82) is 0 Å². The zero-order valence-corrected chi connectivity index (χ0v) is 14.2. The first-order valence-electron chi connectivity index (χ1n) is 5.16. The molecule has 0 aliphatic carbocycles. The summed E-state index contributed by atoms with van der Waals surface area (Å²) in [5.74, 6) is 0. The van der Waals surface area contributed by atoms with E-state index in [9.17, 15) is 0 Å². The fraction of sp³-hybridized carbons (Fsp3) is 1.00. The number of hydrogen-bond acceptors (Lipinski definition) is 6. The van der Waals surface area contributed by atoms with Crippen LogP contribution >= 0.6 is 36.1 Å². The largest absolute Gasteiger partial charge is 0.313 e. The molecule has 92 valence electrons. The van der Waals surface area contributed by atoms with Crippen molar-refractivity contribution in [2.45, 2.75) is 30.2 Å². The monoisotopic (exact) mass is 288 g/mol. The van der Waals surface area contributed by atoms with Crippen LogP contribution in [0.25, 0.3) is 0 Å². The van der Waals surface area contributed by atoms with E-state index in [0.717, 1.165) is 16.3 Å². The van der Waals surface area contributed by atoms with E-state index in [0.29, 0.717) is 19.8 Å². The lowest BCUT2D eigenvalue weighted by Crippen LogP contribution is -2.17. The smallest absolute Gasteiger partial charge is 0.180 e. The number of rotatable bonds is 10. The van der Waals surface area contributed by atoms with Crippen LogP contribution in [0.4, 0.5) is 0 Å². The highest BCUT2D eigenvalue weighted by Gasteiger charge is 2.34. The van der Waals surface area contributed by atoms with Crippen molar-refractivity contribution < 1.29 is 12.5 Å². The molecule has 0 aromatic rings. The van der Waals surface area contributed by atoms with E-state index < -0.39 is 0 Å². The Morgan fingerprint density at radius 3 is 1.40 bits per heavy atom. The highest BCUT2D eigenvalue weighted by molar-refractivity contribution is 8.30. The van der Waals surface area contributed by atoms with Gasteiger partial charge in [-0.3, -0.25) is 0 Å². The predicted molar refractivity (Wildman–Crippen MR) is 75.1 cm³/mol. The Morgan fingerprint density at radius 2 is 1.20 bits per heavy atom. The third-order valence-electron chi connectivity index (χ3n) is 1.34. The first-order valence-corrected chi connectivity index (χ1v) is 8.80. The molecule has 0 saturated carbocycles. The quantitative estimate of drug-likeness (QED) is 0.348. The zero-order chi connectivity index (χ0) is 11.6. The van der Waals surface area contributed by atoms with Crippen LogP contribution in [0.1, 0.15) is 20.8 Å². The summed E-state index contributed by atoms with van der Waals surface area (Å²) in [5.41, 5.74) is 0. The van der Waals surface area contributed by atoms with E-state index >= 15 is 0 Å². The predicted octanol–water partition coefficient (Wildman–Crippen LogP) is 2.48. The Morgan fingerprint density at radius 1 is 0.867 bits per heavy atom. The van der Waals surface area contributed by atoms with Crippen molar-refractivity contribution >= 4 is 46.4 Å². The van der Waals surface area contributed by atoms with Gasteiger partial charge in [0.25, 0.3) is 0 Å². The van der Waals surface area contributed by atoms with Crippen molar-refractivity contribution in [3.05, 3.63) is 0 Å². The van der Waals surface area contributed by atoms with Crippen LogP contribution in [0, 0.1) is 0 Å². The molecule has 0 unspecified atom stereocenters. The molecule has 0 radical (unpaired) electrons. The van der Waals surface area contributed by atoms with E-state index in [1.165, 1.54) is 36.1 Å². The number of hydrogen-bond donors (Lipinski definition) is 0. The molecule has 15 heavy (non-hydrogen) atoms. The van der Waals surface area contributed by atoms with Gasteiger partial charge in [0, 0.05) is 46.4 Å². The molecule has 0 amide bonds. The van der Waals surface area contributed by atoms with Crippen LogP contribution in [0.15, 0.2) is 0 Å². The Balaban J connectivity index is 4.16. The second-order valence-electron chi connectivity index (χ2n) is 2.51. The first-order chi connectivity index (χ1) is 7.24. The minimum absolute atomic E-state index is 0.158. The van der Waals surface area contributed by atoms with Gasteiger partial charge >= 0.3 is 0 Å². The van der Waals surface area contributed by atoms with E-state index in [1.54, 1.807) is 0 Å². The molecule has 0 aliphatic heterocycles. The molecule has 0 bridgehead atoms. The molecule has 0 rings (SSSR count). The Hall–Kier alpha value is 1.15. The molecule has 0 aliphatic rings. The van der Waals surface area contributed by atoms with Gasteiger partial charge in [-0.25, -0.2) is 0 Å². The molecular formula is C8H20O3S3Si. The molecule has 0 fully saturated rings. The van der Waals surface area contributed by atoms with E-state index in [2.05, 4.69) is 0 Å². The SMILES string of the molecule is CCOSC(C[SiH3])(SOCC)SOCC. The van der Waals surface area contributed by atoms with Crippen LogP contribution < -0.4 is 0 Å². The lowest BCUT2D eigenvalue weighted by molar-refractivity contribution is 0.382. The Labute approximate surface area is 109 Å². The van der Waals surface area contributed by atoms with Gasteiger partial charge < -0.3 is 12.5 Å². The normalized spacial score (nSPS) is 12.2. The van der Waals surface area contributed by atoms with Gasteiger partial charge in [0.05, 0.1) is 19.8 Å². The van der Waals surface area contributed by atoms with Gasteiger partial charge in [-0.2, -0.15) is 0 Å². The second-order valence-corrected chi connectivity index (χ2v) is 7.29. The molecule has 0 N–H and O–H groups in total. The van der Waals surface area contributed by atoms with Gasteiger partial charge in [0.2, 0.25) is 0 Å². The Kier molecular flexibility index (Phi) is 11.1. The minimum atomic E-state index is -0.158. The van der Waals surface area contributed by atoms with Gasteiger partial charge in [0.15, 0.2) is 3.41 Å². The summed E-state index contributed by atoms with van der Waals surface area (Å²) in [5, 5.41) is 0. The van der Waals surface area contributed by atoms with Crippen LogP contribution in [-0.4, -0.2) is 33.5 Å². The van der Waals surface area contributed by atoms with E-state index in [1.807, 2.05) is 20.8 Å². The van der Waals surface area contributed by atoms with Gasteiger partial charge in [-0.15, -0.1) is 0 Å². The topological polar surface area (TPSA) is 27.7 Å². The van der Waals surface area contributed by atoms with Crippen molar-refractivity contribution in [1.82, 2.24) is 0 Å². The maximum Gasteiger partial charge on any atom is 0.180 e. The van der Waals surface area contributed by atoms with E-state index in [4.69, 9.17) is 12.5 Å². The molecule has 0 saturated heterocycles. The van der Waals surface area contributed by atoms with Crippen LogP contribution in [0.2, 0.25) is 6.04 Å². The summed E-state index contributed by atoms with van der Waals surface area (Å²) in [4.78, 5) is 0. The van der Waals surface area contributed by atoms with E-state index in [-0.39, 0.29) is 3.41 Å². The first kappa shape index (κ1) is 16.1. The fourth-order valence-corrected chi connectivity index (χ4v) is 4.17. The molecular weight excluding hydrogens is 268 g/mol. The Bertz CT molecular complexity index is 129. The average molecular weight is 289 g/mol. The van der Waals surface area contributed by atoms with Crippen molar-refractivity contribution in [2.75, 3.05) is 19.8 Å².